The lowest BCUT2D eigenvalue weighted by atomic mass is 10.0. The SMILES string of the molecule is C=C(C[C@@H](O)C(=O)OCC)c1ccc(C)cc1. The van der Waals surface area contributed by atoms with Gasteiger partial charge >= 0.3 is 5.97 Å². The number of aliphatic hydroxyl groups excluding tert-OH is 1. The van der Waals surface area contributed by atoms with Crippen molar-refractivity contribution >= 4 is 11.5 Å². The molecule has 0 saturated heterocycles. The van der Waals surface area contributed by atoms with Gasteiger partial charge in [-0.05, 0) is 25.0 Å². The number of benzene rings is 1. The smallest absolute Gasteiger partial charge is 0.335 e. The Morgan fingerprint density at radius 1 is 1.41 bits per heavy atom. The first-order valence-corrected chi connectivity index (χ1v) is 5.64. The zero-order valence-electron chi connectivity index (χ0n) is 10.3. The molecule has 3 heteroatoms. The van der Waals surface area contributed by atoms with Crippen LogP contribution in [0, 0.1) is 6.92 Å². The largest absolute Gasteiger partial charge is 0.464 e. The maximum absolute atomic E-state index is 11.3. The highest BCUT2D eigenvalue weighted by atomic mass is 16.5. The topological polar surface area (TPSA) is 46.5 Å². The molecule has 0 aliphatic rings. The Labute approximate surface area is 102 Å². The van der Waals surface area contributed by atoms with Crippen molar-refractivity contribution in [3.8, 4) is 0 Å². The van der Waals surface area contributed by atoms with E-state index in [2.05, 4.69) is 6.58 Å². The van der Waals surface area contributed by atoms with Crippen molar-refractivity contribution in [2.45, 2.75) is 26.4 Å². The summed E-state index contributed by atoms with van der Waals surface area (Å²) in [6.07, 6.45) is -0.939. The van der Waals surface area contributed by atoms with Crippen LogP contribution >= 0.6 is 0 Å². The number of aryl methyl sites for hydroxylation is 1. The van der Waals surface area contributed by atoms with E-state index in [1.165, 1.54) is 0 Å². The van der Waals surface area contributed by atoms with E-state index in [9.17, 15) is 9.90 Å². The Morgan fingerprint density at radius 3 is 2.53 bits per heavy atom. The molecule has 0 saturated carbocycles. The number of carbonyl (C=O) groups is 1. The highest BCUT2D eigenvalue weighted by Crippen LogP contribution is 2.18. The summed E-state index contributed by atoms with van der Waals surface area (Å²) in [5, 5.41) is 9.60. The molecule has 1 rings (SSSR count). The highest BCUT2D eigenvalue weighted by Gasteiger charge is 2.17. The minimum absolute atomic E-state index is 0.196. The maximum atomic E-state index is 11.3. The summed E-state index contributed by atoms with van der Waals surface area (Å²) in [6.45, 7) is 7.85. The molecule has 0 amide bonds. The van der Waals surface area contributed by atoms with Crippen molar-refractivity contribution in [1.29, 1.82) is 0 Å². The van der Waals surface area contributed by atoms with E-state index in [0.717, 1.165) is 16.7 Å². The summed E-state index contributed by atoms with van der Waals surface area (Å²) in [7, 11) is 0. The van der Waals surface area contributed by atoms with Gasteiger partial charge in [0.15, 0.2) is 6.10 Å². The quantitative estimate of drug-likeness (QED) is 0.795. The Hall–Kier alpha value is -1.61. The summed E-state index contributed by atoms with van der Waals surface area (Å²) in [5.74, 6) is -0.597. The number of hydrogen-bond acceptors (Lipinski definition) is 3. The summed E-state index contributed by atoms with van der Waals surface area (Å²) >= 11 is 0. The molecule has 1 aromatic carbocycles. The van der Waals surface area contributed by atoms with E-state index >= 15 is 0 Å². The first-order chi connectivity index (χ1) is 8.04. The minimum Gasteiger partial charge on any atom is -0.464 e. The molecule has 17 heavy (non-hydrogen) atoms. The van der Waals surface area contributed by atoms with Gasteiger partial charge in [0.2, 0.25) is 0 Å². The van der Waals surface area contributed by atoms with Gasteiger partial charge in [0.1, 0.15) is 0 Å². The molecule has 0 bridgehead atoms. The molecule has 0 spiro atoms. The van der Waals surface area contributed by atoms with Gasteiger partial charge in [0.25, 0.3) is 0 Å². The predicted octanol–water partition coefficient (Wildman–Crippen LogP) is 2.32. The van der Waals surface area contributed by atoms with Crippen molar-refractivity contribution in [2.24, 2.45) is 0 Å². The number of rotatable bonds is 5. The van der Waals surface area contributed by atoms with Gasteiger partial charge in [-0.2, -0.15) is 0 Å². The minimum atomic E-state index is -1.14. The van der Waals surface area contributed by atoms with Gasteiger partial charge in [0.05, 0.1) is 6.61 Å². The number of hydrogen-bond donors (Lipinski definition) is 1. The number of ether oxygens (including phenoxy) is 1. The van der Waals surface area contributed by atoms with Gasteiger partial charge in [-0.3, -0.25) is 0 Å². The number of aliphatic hydroxyl groups is 1. The van der Waals surface area contributed by atoms with Crippen LogP contribution in [0.5, 0.6) is 0 Å². The molecule has 1 aromatic rings. The second-order valence-corrected chi connectivity index (χ2v) is 3.94. The van der Waals surface area contributed by atoms with Crippen LogP contribution in [0.15, 0.2) is 30.8 Å². The van der Waals surface area contributed by atoms with E-state index in [1.807, 2.05) is 31.2 Å². The van der Waals surface area contributed by atoms with E-state index in [1.54, 1.807) is 6.92 Å². The first kappa shape index (κ1) is 13.5. The fourth-order valence-corrected chi connectivity index (χ4v) is 1.46. The van der Waals surface area contributed by atoms with Crippen LogP contribution in [-0.4, -0.2) is 23.8 Å². The van der Waals surface area contributed by atoms with Crippen molar-refractivity contribution in [3.63, 3.8) is 0 Å². The van der Waals surface area contributed by atoms with E-state index in [0.29, 0.717) is 0 Å². The van der Waals surface area contributed by atoms with E-state index in [-0.39, 0.29) is 13.0 Å². The summed E-state index contributed by atoms with van der Waals surface area (Å²) in [5.41, 5.74) is 2.82. The van der Waals surface area contributed by atoms with Gasteiger partial charge in [0, 0.05) is 6.42 Å². The lowest BCUT2D eigenvalue weighted by molar-refractivity contribution is -0.152. The van der Waals surface area contributed by atoms with Gasteiger partial charge < -0.3 is 9.84 Å². The van der Waals surface area contributed by atoms with Gasteiger partial charge in [-0.1, -0.05) is 36.4 Å². The van der Waals surface area contributed by atoms with Gasteiger partial charge in [-0.15, -0.1) is 0 Å². The molecule has 0 unspecified atom stereocenters. The van der Waals surface area contributed by atoms with Crippen LogP contribution < -0.4 is 0 Å². The van der Waals surface area contributed by atoms with Crippen molar-refractivity contribution in [1.82, 2.24) is 0 Å². The molecule has 0 aliphatic carbocycles. The molecule has 0 radical (unpaired) electrons. The standard InChI is InChI=1S/C14H18O3/c1-4-17-14(16)13(15)9-11(3)12-7-5-10(2)6-8-12/h5-8,13,15H,3-4,9H2,1-2H3/t13-/m1/s1. The van der Waals surface area contributed by atoms with Crippen molar-refractivity contribution in [2.75, 3.05) is 6.61 Å². The third-order valence-electron chi connectivity index (χ3n) is 2.46. The third kappa shape index (κ3) is 4.04. The number of esters is 1. The third-order valence-corrected chi connectivity index (χ3v) is 2.46. The maximum Gasteiger partial charge on any atom is 0.335 e. The average Bonchev–Trinajstić information content (AvgIpc) is 2.30. The second kappa shape index (κ2) is 6.21. The molecule has 0 heterocycles. The van der Waals surface area contributed by atoms with Crippen LogP contribution in [-0.2, 0) is 9.53 Å². The molecule has 0 aliphatic heterocycles. The summed E-state index contributed by atoms with van der Waals surface area (Å²) in [4.78, 5) is 11.3. The average molecular weight is 234 g/mol. The predicted molar refractivity (Wildman–Crippen MR) is 67.5 cm³/mol. The van der Waals surface area contributed by atoms with Crippen LogP contribution in [0.2, 0.25) is 0 Å². The molecular weight excluding hydrogens is 216 g/mol. The molecule has 92 valence electrons. The first-order valence-electron chi connectivity index (χ1n) is 5.64. The van der Waals surface area contributed by atoms with Gasteiger partial charge in [-0.25, -0.2) is 4.79 Å². The van der Waals surface area contributed by atoms with Crippen LogP contribution in [0.4, 0.5) is 0 Å². The Morgan fingerprint density at radius 2 is 2.00 bits per heavy atom. The Kier molecular flexibility index (Phi) is 4.91. The molecule has 3 nitrogen and oxygen atoms in total. The fraction of sp³-hybridized carbons (Fsp3) is 0.357. The summed E-state index contributed by atoms with van der Waals surface area (Å²) in [6, 6.07) is 7.79. The van der Waals surface area contributed by atoms with Crippen LogP contribution in [0.1, 0.15) is 24.5 Å². The molecule has 0 aromatic heterocycles. The second-order valence-electron chi connectivity index (χ2n) is 3.94. The lowest BCUT2D eigenvalue weighted by Gasteiger charge is -2.11. The summed E-state index contributed by atoms with van der Waals surface area (Å²) < 4.78 is 4.73. The molecule has 0 fully saturated rings. The zero-order valence-corrected chi connectivity index (χ0v) is 10.3. The Balaban J connectivity index is 2.60. The van der Waals surface area contributed by atoms with E-state index in [4.69, 9.17) is 4.74 Å². The fourth-order valence-electron chi connectivity index (χ4n) is 1.46. The van der Waals surface area contributed by atoms with E-state index < -0.39 is 12.1 Å². The highest BCUT2D eigenvalue weighted by molar-refractivity contribution is 5.78. The zero-order chi connectivity index (χ0) is 12.8. The lowest BCUT2D eigenvalue weighted by Crippen LogP contribution is -2.23. The molecule has 1 N–H and O–H groups in total. The van der Waals surface area contributed by atoms with Crippen molar-refractivity contribution in [3.05, 3.63) is 42.0 Å². The Bertz CT molecular complexity index is 392. The number of carbonyl (C=O) groups excluding carboxylic acids is 1. The van der Waals surface area contributed by atoms with Crippen LogP contribution in [0.3, 0.4) is 0 Å². The molecule has 1 atom stereocenters. The van der Waals surface area contributed by atoms with Crippen LogP contribution in [0.25, 0.3) is 5.57 Å². The monoisotopic (exact) mass is 234 g/mol. The van der Waals surface area contributed by atoms with Crippen molar-refractivity contribution < 1.29 is 14.6 Å². The molecular formula is C14H18O3. The normalized spacial score (nSPS) is 11.9.